The van der Waals surface area contributed by atoms with E-state index >= 15 is 0 Å². The number of carboxylic acid groups (broad SMARTS) is 2. The van der Waals surface area contributed by atoms with Crippen LogP contribution in [0.5, 0.6) is 0 Å². The Morgan fingerprint density at radius 2 is 1.58 bits per heavy atom. The van der Waals surface area contributed by atoms with Crippen LogP contribution in [0.15, 0.2) is 29.3 Å². The van der Waals surface area contributed by atoms with Gasteiger partial charge in [0.1, 0.15) is 6.61 Å². The van der Waals surface area contributed by atoms with Crippen LogP contribution in [-0.2, 0) is 23.8 Å². The molecule has 0 bridgehead atoms. The Morgan fingerprint density at radius 1 is 1.04 bits per heavy atom. The lowest BCUT2D eigenvalue weighted by molar-refractivity contribution is -0.156. The van der Waals surface area contributed by atoms with E-state index in [-0.39, 0.29) is 11.5 Å². The van der Waals surface area contributed by atoms with Gasteiger partial charge in [0.2, 0.25) is 5.90 Å². The van der Waals surface area contributed by atoms with Gasteiger partial charge in [-0.1, -0.05) is 32.9 Å². The Bertz CT molecular complexity index is 713. The van der Waals surface area contributed by atoms with Gasteiger partial charge >= 0.3 is 11.9 Å². The van der Waals surface area contributed by atoms with E-state index in [9.17, 15) is 9.59 Å². The van der Waals surface area contributed by atoms with E-state index in [2.05, 4.69) is 25.8 Å². The molecule has 8 nitrogen and oxygen atoms in total. The molecule has 0 radical (unpaired) electrons. The molecule has 3 rings (SSSR count). The molecule has 2 N–H and O–H groups in total. The third kappa shape index (κ3) is 3.56. The molecule has 0 aromatic heterocycles. The van der Waals surface area contributed by atoms with Gasteiger partial charge in [-0.15, -0.1) is 0 Å². The zero-order valence-electron chi connectivity index (χ0n) is 14.7. The number of rotatable bonds is 4. The summed E-state index contributed by atoms with van der Waals surface area (Å²) >= 11 is 0. The van der Waals surface area contributed by atoms with E-state index in [1.807, 2.05) is 0 Å². The molecule has 140 valence electrons. The summed E-state index contributed by atoms with van der Waals surface area (Å²) in [6.45, 7) is 6.82. The number of benzene rings is 1. The molecule has 0 aliphatic carbocycles. The van der Waals surface area contributed by atoms with Crippen molar-refractivity contribution in [1.82, 2.24) is 0 Å². The number of hydrogen-bond acceptors (Lipinski definition) is 6. The van der Waals surface area contributed by atoms with Gasteiger partial charge in [0.05, 0.1) is 6.04 Å². The van der Waals surface area contributed by atoms with Crippen LogP contribution in [0.2, 0.25) is 0 Å². The molecule has 2 heterocycles. The molecule has 2 aliphatic rings. The second-order valence-electron chi connectivity index (χ2n) is 7.37. The number of aliphatic carboxylic acids is 2. The third-order valence-corrected chi connectivity index (χ3v) is 4.38. The van der Waals surface area contributed by atoms with Crippen molar-refractivity contribution in [3.8, 4) is 0 Å². The topological polar surface area (TPSA) is 115 Å². The van der Waals surface area contributed by atoms with Gasteiger partial charge in [0, 0.05) is 11.1 Å². The summed E-state index contributed by atoms with van der Waals surface area (Å²) in [5.74, 6) is -2.20. The third-order valence-electron chi connectivity index (χ3n) is 4.38. The maximum atomic E-state index is 11.1. The van der Waals surface area contributed by atoms with Crippen LogP contribution in [0, 0.1) is 5.41 Å². The molecule has 0 saturated carbocycles. The van der Waals surface area contributed by atoms with Crippen LogP contribution in [0.1, 0.15) is 38.2 Å². The number of hydrogen-bond donors (Lipinski definition) is 2. The molecule has 26 heavy (non-hydrogen) atoms. The van der Waals surface area contributed by atoms with Gasteiger partial charge in [0.25, 0.3) is 0 Å². The fraction of sp³-hybridized carbons (Fsp3) is 0.500. The molecule has 1 saturated heterocycles. The Hall–Kier alpha value is -2.45. The first-order valence-corrected chi connectivity index (χ1v) is 8.24. The van der Waals surface area contributed by atoms with Crippen molar-refractivity contribution in [1.29, 1.82) is 0 Å². The number of aliphatic imine (C=N–C) groups is 1. The summed E-state index contributed by atoms with van der Waals surface area (Å²) in [6, 6.07) is 6.95. The molecule has 3 atom stereocenters. The smallest absolute Gasteiger partial charge is 0.336 e. The average molecular weight is 363 g/mol. The minimum atomic E-state index is -1.55. The molecular formula is C18H21NO7. The number of carboxylic acids is 2. The predicted octanol–water partition coefficient (Wildman–Crippen LogP) is 1.83. The van der Waals surface area contributed by atoms with Gasteiger partial charge in [-0.3, -0.25) is 0 Å². The first-order valence-electron chi connectivity index (χ1n) is 8.24. The summed E-state index contributed by atoms with van der Waals surface area (Å²) in [6.07, 6.45) is -4.15. The summed E-state index contributed by atoms with van der Waals surface area (Å²) in [4.78, 5) is 26.9. The van der Waals surface area contributed by atoms with E-state index < -0.39 is 30.4 Å². The van der Waals surface area contributed by atoms with Crippen molar-refractivity contribution in [2.24, 2.45) is 10.4 Å². The van der Waals surface area contributed by atoms with Gasteiger partial charge in [-0.05, 0) is 17.5 Å². The van der Waals surface area contributed by atoms with Crippen molar-refractivity contribution >= 4 is 17.8 Å². The second kappa shape index (κ2) is 6.69. The van der Waals surface area contributed by atoms with Gasteiger partial charge in [-0.2, -0.15) is 0 Å². The highest BCUT2D eigenvalue weighted by atomic mass is 16.7. The first-order chi connectivity index (χ1) is 12.2. The van der Waals surface area contributed by atoms with Crippen LogP contribution in [0.3, 0.4) is 0 Å². The van der Waals surface area contributed by atoms with Crippen LogP contribution >= 0.6 is 0 Å². The molecule has 0 spiro atoms. The van der Waals surface area contributed by atoms with E-state index in [0.29, 0.717) is 18.1 Å². The molecule has 1 aromatic rings. The van der Waals surface area contributed by atoms with Crippen molar-refractivity contribution in [2.75, 3.05) is 6.61 Å². The maximum Gasteiger partial charge on any atom is 0.336 e. The molecule has 0 unspecified atom stereocenters. The van der Waals surface area contributed by atoms with Crippen molar-refractivity contribution in [3.63, 3.8) is 0 Å². The Balaban J connectivity index is 1.75. The van der Waals surface area contributed by atoms with E-state index in [0.717, 1.165) is 5.56 Å². The standard InChI is InChI=1S/C18H21NO7/c1-18(2,3)11-8-24-14(19-11)9-4-6-10(7-5-9)17-25-12(15(20)21)13(26-17)16(22)23/h4-7,11-13,17H,8H2,1-3H3,(H,20,21)(H,22,23)/t11-,12-,13-/m1/s1. The van der Waals surface area contributed by atoms with Crippen LogP contribution < -0.4 is 0 Å². The highest BCUT2D eigenvalue weighted by Gasteiger charge is 2.46. The molecule has 2 aliphatic heterocycles. The highest BCUT2D eigenvalue weighted by molar-refractivity contribution is 5.95. The number of carbonyl (C=O) groups is 2. The summed E-state index contributed by atoms with van der Waals surface area (Å²) in [5.41, 5.74) is 1.31. The van der Waals surface area contributed by atoms with Crippen molar-refractivity contribution in [2.45, 2.75) is 45.3 Å². The second-order valence-corrected chi connectivity index (χ2v) is 7.37. The number of nitrogens with zero attached hydrogens (tertiary/aromatic N) is 1. The van der Waals surface area contributed by atoms with E-state index in [1.54, 1.807) is 24.3 Å². The highest BCUT2D eigenvalue weighted by Crippen LogP contribution is 2.32. The van der Waals surface area contributed by atoms with Crippen LogP contribution in [0.4, 0.5) is 0 Å². The average Bonchev–Trinajstić information content (AvgIpc) is 3.22. The van der Waals surface area contributed by atoms with Crippen molar-refractivity contribution < 1.29 is 34.0 Å². The minimum Gasteiger partial charge on any atom is -0.479 e. The van der Waals surface area contributed by atoms with Crippen LogP contribution in [-0.4, -0.2) is 52.9 Å². The lowest BCUT2D eigenvalue weighted by Crippen LogP contribution is -2.36. The van der Waals surface area contributed by atoms with Crippen LogP contribution in [0.25, 0.3) is 0 Å². The van der Waals surface area contributed by atoms with Gasteiger partial charge in [-0.25, -0.2) is 14.6 Å². The Morgan fingerprint density at radius 3 is 2.00 bits per heavy atom. The van der Waals surface area contributed by atoms with Gasteiger partial charge in [0.15, 0.2) is 18.5 Å². The quantitative estimate of drug-likeness (QED) is 0.838. The van der Waals surface area contributed by atoms with Gasteiger partial charge < -0.3 is 24.4 Å². The zero-order valence-corrected chi connectivity index (χ0v) is 14.7. The zero-order chi connectivity index (χ0) is 19.1. The SMILES string of the molecule is CC(C)(C)[C@H]1COC(c2ccc(C3O[C@@H](C(=O)O)[C@H](C(=O)O)O3)cc2)=N1. The fourth-order valence-electron chi connectivity index (χ4n) is 2.73. The summed E-state index contributed by atoms with van der Waals surface area (Å²) < 4.78 is 16.2. The largest absolute Gasteiger partial charge is 0.479 e. The maximum absolute atomic E-state index is 11.1. The Kier molecular flexibility index (Phi) is 4.72. The summed E-state index contributed by atoms with van der Waals surface area (Å²) in [5, 5.41) is 18.1. The lowest BCUT2D eigenvalue weighted by atomic mass is 9.88. The lowest BCUT2D eigenvalue weighted by Gasteiger charge is -2.21. The van der Waals surface area contributed by atoms with E-state index in [4.69, 9.17) is 24.4 Å². The normalized spacial score (nSPS) is 26.4. The Labute approximate surface area is 150 Å². The molecular weight excluding hydrogens is 342 g/mol. The first kappa shape index (κ1) is 18.3. The monoisotopic (exact) mass is 363 g/mol. The molecule has 1 fully saturated rings. The van der Waals surface area contributed by atoms with E-state index in [1.165, 1.54) is 0 Å². The molecule has 8 heteroatoms. The molecule has 1 aromatic carbocycles. The number of ether oxygens (including phenoxy) is 3. The minimum absolute atomic E-state index is 0.00487. The molecule has 0 amide bonds. The van der Waals surface area contributed by atoms with Crippen molar-refractivity contribution in [3.05, 3.63) is 35.4 Å². The predicted molar refractivity (Wildman–Crippen MR) is 89.9 cm³/mol. The summed E-state index contributed by atoms with van der Waals surface area (Å²) in [7, 11) is 0. The fourth-order valence-corrected chi connectivity index (χ4v) is 2.73.